The van der Waals surface area contributed by atoms with Gasteiger partial charge >= 0.3 is 6.18 Å². The number of amides is 1. The van der Waals surface area contributed by atoms with Gasteiger partial charge in [0.25, 0.3) is 5.91 Å². The summed E-state index contributed by atoms with van der Waals surface area (Å²) in [5.41, 5.74) is 0.138. The van der Waals surface area contributed by atoms with E-state index >= 15 is 0 Å². The highest BCUT2D eigenvalue weighted by atomic mass is 19.4. The van der Waals surface area contributed by atoms with E-state index in [0.717, 1.165) is 25.1 Å². The van der Waals surface area contributed by atoms with Crippen LogP contribution < -0.4 is 19.7 Å². The summed E-state index contributed by atoms with van der Waals surface area (Å²) in [6.07, 6.45) is -0.255. The first-order valence-electron chi connectivity index (χ1n) is 13.9. The van der Waals surface area contributed by atoms with Gasteiger partial charge in [-0.3, -0.25) is 4.79 Å². The van der Waals surface area contributed by atoms with Crippen molar-refractivity contribution < 1.29 is 27.4 Å². The first-order chi connectivity index (χ1) is 21.0. The van der Waals surface area contributed by atoms with Crippen molar-refractivity contribution >= 4 is 17.3 Å². The van der Waals surface area contributed by atoms with Gasteiger partial charge in [0.1, 0.15) is 23.7 Å². The van der Waals surface area contributed by atoms with E-state index in [4.69, 9.17) is 9.47 Å². The van der Waals surface area contributed by atoms with Crippen LogP contribution in [0.15, 0.2) is 61.1 Å². The predicted octanol–water partition coefficient (Wildman–Crippen LogP) is 5.96. The van der Waals surface area contributed by atoms with Crippen molar-refractivity contribution in [1.29, 1.82) is 0 Å². The molecule has 0 spiro atoms. The molecule has 10 nitrogen and oxygen atoms in total. The molecule has 1 N–H and O–H groups in total. The fourth-order valence-electron chi connectivity index (χ4n) is 4.39. The Morgan fingerprint density at radius 3 is 2.50 bits per heavy atom. The molecule has 2 heterocycles. The highest BCUT2D eigenvalue weighted by Crippen LogP contribution is 2.37. The third-order valence-electron chi connectivity index (χ3n) is 6.66. The van der Waals surface area contributed by atoms with Crippen molar-refractivity contribution in [1.82, 2.24) is 24.8 Å². The van der Waals surface area contributed by atoms with Crippen LogP contribution in [0.25, 0.3) is 11.4 Å². The van der Waals surface area contributed by atoms with Crippen LogP contribution in [0, 0.1) is 0 Å². The molecular formula is C31H34F3N7O3. The molecule has 2 aromatic heterocycles. The fraction of sp³-hybridized carbons (Fsp3) is 0.323. The van der Waals surface area contributed by atoms with Crippen LogP contribution in [0.4, 0.5) is 24.5 Å². The van der Waals surface area contributed by atoms with E-state index in [-0.39, 0.29) is 28.6 Å². The zero-order chi connectivity index (χ0) is 31.9. The predicted molar refractivity (Wildman–Crippen MR) is 161 cm³/mol. The molecular weight excluding hydrogens is 575 g/mol. The lowest BCUT2D eigenvalue weighted by Gasteiger charge is -2.24. The number of rotatable bonds is 12. The number of aryl methyl sites for hydroxylation is 1. The number of halogens is 3. The van der Waals surface area contributed by atoms with Crippen molar-refractivity contribution in [2.24, 2.45) is 0 Å². The van der Waals surface area contributed by atoms with Gasteiger partial charge in [0.2, 0.25) is 5.88 Å². The molecule has 0 bridgehead atoms. The zero-order valence-corrected chi connectivity index (χ0v) is 25.1. The molecule has 0 unspecified atom stereocenters. The number of ether oxygens (including phenoxy) is 2. The summed E-state index contributed by atoms with van der Waals surface area (Å²) < 4.78 is 52.4. The highest BCUT2D eigenvalue weighted by molar-refractivity contribution is 6.08. The van der Waals surface area contributed by atoms with E-state index in [1.54, 1.807) is 31.4 Å². The van der Waals surface area contributed by atoms with E-state index in [1.165, 1.54) is 31.6 Å². The number of carbonyl (C=O) groups is 1. The maximum absolute atomic E-state index is 13.6. The number of nitrogens with one attached hydrogen (secondary N) is 1. The van der Waals surface area contributed by atoms with E-state index < -0.39 is 17.6 Å². The monoisotopic (exact) mass is 609 g/mol. The number of methoxy groups -OCH3 is 1. The van der Waals surface area contributed by atoms with Gasteiger partial charge in [0, 0.05) is 26.2 Å². The molecule has 0 aliphatic carbocycles. The van der Waals surface area contributed by atoms with Gasteiger partial charge in [-0.15, -0.1) is 0 Å². The van der Waals surface area contributed by atoms with Crippen molar-refractivity contribution in [3.63, 3.8) is 0 Å². The number of aromatic nitrogens is 4. The molecule has 0 fully saturated rings. The van der Waals surface area contributed by atoms with Crippen molar-refractivity contribution in [2.45, 2.75) is 25.9 Å². The molecule has 232 valence electrons. The Hall–Kier alpha value is -4.78. The number of nitrogens with zero attached hydrogens (tertiary/aromatic N) is 6. The Morgan fingerprint density at radius 1 is 1.00 bits per heavy atom. The van der Waals surface area contributed by atoms with Crippen LogP contribution in [0.1, 0.15) is 35.1 Å². The Balaban J connectivity index is 1.65. The maximum atomic E-state index is 13.6. The number of hydrogen-bond donors (Lipinski definition) is 1. The van der Waals surface area contributed by atoms with Gasteiger partial charge in [-0.25, -0.2) is 19.9 Å². The molecule has 0 saturated heterocycles. The number of anilines is 2. The lowest BCUT2D eigenvalue weighted by atomic mass is 10.1. The van der Waals surface area contributed by atoms with Gasteiger partial charge in [-0.2, -0.15) is 13.2 Å². The quantitative estimate of drug-likeness (QED) is 0.208. The number of carbonyl (C=O) groups excluding carboxylic acids is 1. The summed E-state index contributed by atoms with van der Waals surface area (Å²) in [6.45, 7) is 3.28. The van der Waals surface area contributed by atoms with Gasteiger partial charge in [0.05, 0.1) is 35.2 Å². The van der Waals surface area contributed by atoms with Crippen molar-refractivity contribution in [2.75, 3.05) is 51.6 Å². The lowest BCUT2D eigenvalue weighted by molar-refractivity contribution is -0.137. The average Bonchev–Trinajstić information content (AvgIpc) is 3.00. The van der Waals surface area contributed by atoms with Crippen LogP contribution in [0.3, 0.4) is 0 Å². The second-order valence-corrected chi connectivity index (χ2v) is 10.2. The lowest BCUT2D eigenvalue weighted by Crippen LogP contribution is -2.25. The molecule has 13 heteroatoms. The van der Waals surface area contributed by atoms with Crippen molar-refractivity contribution in [3.05, 3.63) is 78.0 Å². The normalized spacial score (nSPS) is 11.4. The topological polar surface area (TPSA) is 106 Å². The average molecular weight is 610 g/mol. The van der Waals surface area contributed by atoms with Crippen LogP contribution in [0.5, 0.6) is 17.4 Å². The second-order valence-electron chi connectivity index (χ2n) is 10.2. The largest absolute Gasteiger partial charge is 0.496 e. The van der Waals surface area contributed by atoms with Gasteiger partial charge in [0.15, 0.2) is 5.82 Å². The molecule has 0 atom stereocenters. The minimum atomic E-state index is -4.59. The number of hydrogen-bond acceptors (Lipinski definition) is 9. The molecule has 0 aliphatic heterocycles. The van der Waals surface area contributed by atoms with Gasteiger partial charge in [-0.1, -0.05) is 6.92 Å². The molecule has 4 rings (SSSR count). The van der Waals surface area contributed by atoms with E-state index in [0.29, 0.717) is 35.9 Å². The Labute approximate surface area is 253 Å². The maximum Gasteiger partial charge on any atom is 0.416 e. The Kier molecular flexibility index (Phi) is 10.3. The summed E-state index contributed by atoms with van der Waals surface area (Å²) in [6, 6.07) is 11.3. The smallest absolute Gasteiger partial charge is 0.416 e. The molecule has 4 aromatic rings. The molecule has 44 heavy (non-hydrogen) atoms. The van der Waals surface area contributed by atoms with E-state index in [2.05, 4.69) is 25.3 Å². The molecule has 0 saturated carbocycles. The Bertz CT molecular complexity index is 1600. The second kappa shape index (κ2) is 14.1. The SMILES string of the molecule is CCc1ncnc(-c2cccnc2Oc2ccc(OC)c(C(=O)Nc3cc(C(F)(F)F)ccc3N(C)CCCN(C)C)c2)n1. The first-order valence-corrected chi connectivity index (χ1v) is 13.9. The minimum absolute atomic E-state index is 0.0131. The minimum Gasteiger partial charge on any atom is -0.496 e. The van der Waals surface area contributed by atoms with E-state index in [1.807, 2.05) is 30.8 Å². The molecule has 2 aromatic carbocycles. The van der Waals surface area contributed by atoms with Crippen LogP contribution in [-0.2, 0) is 12.6 Å². The van der Waals surface area contributed by atoms with E-state index in [9.17, 15) is 18.0 Å². The molecule has 0 aliphatic rings. The number of benzene rings is 2. The summed E-state index contributed by atoms with van der Waals surface area (Å²) >= 11 is 0. The summed E-state index contributed by atoms with van der Waals surface area (Å²) in [7, 11) is 7.05. The summed E-state index contributed by atoms with van der Waals surface area (Å²) in [5, 5.41) is 2.67. The number of pyridine rings is 1. The third-order valence-corrected chi connectivity index (χ3v) is 6.66. The molecule has 1 amide bonds. The standard InChI is InChI=1S/C31H34F3N7O3/c1-6-27-36-19-37-28(39-27)22-9-7-14-35-30(22)44-21-11-13-26(43-5)23(18-21)29(42)38-24-17-20(31(32,33)34)10-12-25(24)41(4)16-8-15-40(2)3/h7,9-14,17-19H,6,8,15-16H2,1-5H3,(H,38,42). The summed E-state index contributed by atoms with van der Waals surface area (Å²) in [4.78, 5) is 34.6. The summed E-state index contributed by atoms with van der Waals surface area (Å²) in [5.74, 6) is 0.932. The van der Waals surface area contributed by atoms with Crippen LogP contribution in [0.2, 0.25) is 0 Å². The van der Waals surface area contributed by atoms with Crippen LogP contribution in [-0.4, -0.2) is 72.1 Å². The van der Waals surface area contributed by atoms with Gasteiger partial charge in [-0.05, 0) is 75.6 Å². The number of alkyl halides is 3. The fourth-order valence-corrected chi connectivity index (χ4v) is 4.39. The third kappa shape index (κ3) is 7.98. The first kappa shape index (κ1) is 32.1. The molecule has 0 radical (unpaired) electrons. The zero-order valence-electron chi connectivity index (χ0n) is 25.1. The van der Waals surface area contributed by atoms with Crippen molar-refractivity contribution in [3.8, 4) is 28.8 Å². The van der Waals surface area contributed by atoms with Gasteiger partial charge < -0.3 is 24.6 Å². The highest BCUT2D eigenvalue weighted by Gasteiger charge is 2.32. The van der Waals surface area contributed by atoms with Crippen LogP contribution >= 0.6 is 0 Å². The Morgan fingerprint density at radius 2 is 1.80 bits per heavy atom.